The summed E-state index contributed by atoms with van der Waals surface area (Å²) in [4.78, 5) is 24.2. The van der Waals surface area contributed by atoms with Crippen molar-refractivity contribution in [3.05, 3.63) is 64.7 Å². The SMILES string of the molecule is CC(=O)c1ccc2c(c1)CCC(NC(=O)c1ccc(OCC3CCCO3)cc1)C2. The van der Waals surface area contributed by atoms with Crippen molar-refractivity contribution in [1.82, 2.24) is 5.32 Å². The smallest absolute Gasteiger partial charge is 0.251 e. The van der Waals surface area contributed by atoms with E-state index in [4.69, 9.17) is 9.47 Å². The number of hydrogen-bond acceptors (Lipinski definition) is 4. The van der Waals surface area contributed by atoms with Gasteiger partial charge in [-0.2, -0.15) is 0 Å². The molecular formula is C24H27NO4. The molecule has 2 aromatic rings. The number of carbonyl (C=O) groups is 2. The molecule has 1 aliphatic carbocycles. The van der Waals surface area contributed by atoms with Crippen molar-refractivity contribution in [2.24, 2.45) is 0 Å². The summed E-state index contributed by atoms with van der Waals surface area (Å²) in [6, 6.07) is 13.3. The van der Waals surface area contributed by atoms with Crippen LogP contribution in [0.15, 0.2) is 42.5 Å². The molecule has 1 amide bonds. The Morgan fingerprint density at radius 3 is 2.59 bits per heavy atom. The Hall–Kier alpha value is -2.66. The molecule has 5 heteroatoms. The number of rotatable bonds is 6. The van der Waals surface area contributed by atoms with Gasteiger partial charge >= 0.3 is 0 Å². The highest BCUT2D eigenvalue weighted by Gasteiger charge is 2.21. The van der Waals surface area contributed by atoms with E-state index in [-0.39, 0.29) is 23.8 Å². The summed E-state index contributed by atoms with van der Waals surface area (Å²) in [6.45, 7) is 2.96. The van der Waals surface area contributed by atoms with Gasteiger partial charge in [-0.25, -0.2) is 0 Å². The quantitative estimate of drug-likeness (QED) is 0.760. The average Bonchev–Trinajstić information content (AvgIpc) is 3.26. The molecule has 1 heterocycles. The molecule has 2 unspecified atom stereocenters. The Balaban J connectivity index is 1.31. The van der Waals surface area contributed by atoms with E-state index in [9.17, 15) is 9.59 Å². The number of ketones is 1. The molecular weight excluding hydrogens is 366 g/mol. The first-order chi connectivity index (χ1) is 14.1. The Labute approximate surface area is 171 Å². The molecule has 0 spiro atoms. The highest BCUT2D eigenvalue weighted by atomic mass is 16.5. The number of ether oxygens (including phenoxy) is 2. The van der Waals surface area contributed by atoms with Crippen molar-refractivity contribution < 1.29 is 19.1 Å². The lowest BCUT2D eigenvalue weighted by Crippen LogP contribution is -2.38. The van der Waals surface area contributed by atoms with E-state index in [1.807, 2.05) is 30.3 Å². The molecule has 0 saturated carbocycles. The molecule has 29 heavy (non-hydrogen) atoms. The predicted octanol–water partition coefficient (Wildman–Crippen LogP) is 3.73. The maximum Gasteiger partial charge on any atom is 0.251 e. The zero-order valence-corrected chi connectivity index (χ0v) is 16.8. The van der Waals surface area contributed by atoms with E-state index in [2.05, 4.69) is 5.32 Å². The van der Waals surface area contributed by atoms with Gasteiger partial charge in [-0.1, -0.05) is 12.1 Å². The van der Waals surface area contributed by atoms with Crippen LogP contribution < -0.4 is 10.1 Å². The largest absolute Gasteiger partial charge is 0.491 e. The fraction of sp³-hybridized carbons (Fsp3) is 0.417. The van der Waals surface area contributed by atoms with Crippen molar-refractivity contribution >= 4 is 11.7 Å². The second-order valence-corrected chi connectivity index (χ2v) is 7.92. The van der Waals surface area contributed by atoms with Gasteiger partial charge in [-0.05, 0) is 80.5 Å². The van der Waals surface area contributed by atoms with Gasteiger partial charge in [0.2, 0.25) is 0 Å². The topological polar surface area (TPSA) is 64.6 Å². The Morgan fingerprint density at radius 1 is 1.07 bits per heavy atom. The third-order valence-corrected chi connectivity index (χ3v) is 5.75. The third kappa shape index (κ3) is 4.85. The van der Waals surface area contributed by atoms with E-state index < -0.39 is 0 Å². The molecule has 1 saturated heterocycles. The average molecular weight is 393 g/mol. The fourth-order valence-electron chi connectivity index (χ4n) is 4.03. The lowest BCUT2D eigenvalue weighted by Gasteiger charge is -2.26. The van der Waals surface area contributed by atoms with Gasteiger partial charge < -0.3 is 14.8 Å². The summed E-state index contributed by atoms with van der Waals surface area (Å²) in [7, 11) is 0. The summed E-state index contributed by atoms with van der Waals surface area (Å²) < 4.78 is 11.3. The highest BCUT2D eigenvalue weighted by molar-refractivity contribution is 5.95. The summed E-state index contributed by atoms with van der Waals surface area (Å²) in [5.74, 6) is 0.779. The van der Waals surface area contributed by atoms with Gasteiger partial charge in [0.05, 0.1) is 6.10 Å². The van der Waals surface area contributed by atoms with E-state index in [1.165, 1.54) is 11.1 Å². The standard InChI is InChI=1S/C24H27NO4/c1-16(26)18-4-5-20-14-21(9-6-19(20)13-18)25-24(27)17-7-10-22(11-8-17)29-15-23-3-2-12-28-23/h4-5,7-8,10-11,13,21,23H,2-3,6,9,12,14-15H2,1H3,(H,25,27). The first-order valence-electron chi connectivity index (χ1n) is 10.4. The number of fused-ring (bicyclic) bond motifs is 1. The number of benzene rings is 2. The first-order valence-corrected chi connectivity index (χ1v) is 10.4. The Kier molecular flexibility index (Phi) is 5.95. The Bertz CT molecular complexity index is 884. The number of carbonyl (C=O) groups excluding carboxylic acids is 2. The van der Waals surface area contributed by atoms with Crippen LogP contribution in [0.5, 0.6) is 5.75 Å². The molecule has 4 rings (SSSR count). The third-order valence-electron chi connectivity index (χ3n) is 5.75. The van der Waals surface area contributed by atoms with E-state index >= 15 is 0 Å². The van der Waals surface area contributed by atoms with Crippen LogP contribution >= 0.6 is 0 Å². The lowest BCUT2D eigenvalue weighted by molar-refractivity contribution is 0.0679. The monoisotopic (exact) mass is 393 g/mol. The summed E-state index contributed by atoms with van der Waals surface area (Å²) >= 11 is 0. The minimum absolute atomic E-state index is 0.0653. The van der Waals surface area contributed by atoms with E-state index in [0.29, 0.717) is 12.2 Å². The maximum absolute atomic E-state index is 12.6. The van der Waals surface area contributed by atoms with Crippen molar-refractivity contribution in [2.45, 2.75) is 51.2 Å². The van der Waals surface area contributed by atoms with Crippen molar-refractivity contribution in [3.8, 4) is 5.75 Å². The number of amides is 1. The molecule has 2 aromatic carbocycles. The lowest BCUT2D eigenvalue weighted by atomic mass is 9.86. The Morgan fingerprint density at radius 2 is 1.86 bits per heavy atom. The highest BCUT2D eigenvalue weighted by Crippen LogP contribution is 2.23. The molecule has 2 aliphatic rings. The molecule has 5 nitrogen and oxygen atoms in total. The van der Waals surface area contributed by atoms with Crippen LogP contribution in [0.2, 0.25) is 0 Å². The summed E-state index contributed by atoms with van der Waals surface area (Å²) in [5.41, 5.74) is 3.82. The van der Waals surface area contributed by atoms with Crippen LogP contribution in [0.4, 0.5) is 0 Å². The number of aryl methyl sites for hydroxylation is 1. The molecule has 1 N–H and O–H groups in total. The summed E-state index contributed by atoms with van der Waals surface area (Å²) in [5, 5.41) is 3.14. The molecule has 0 aromatic heterocycles. The van der Waals surface area contributed by atoms with Gasteiger partial charge in [-0.15, -0.1) is 0 Å². The molecule has 1 fully saturated rings. The van der Waals surface area contributed by atoms with Gasteiger partial charge in [0.1, 0.15) is 12.4 Å². The number of Topliss-reactive ketones (excluding diaryl/α,β-unsaturated/α-hetero) is 1. The zero-order chi connectivity index (χ0) is 20.2. The molecule has 0 bridgehead atoms. The van der Waals surface area contributed by atoms with E-state index in [1.54, 1.807) is 19.1 Å². The molecule has 152 valence electrons. The van der Waals surface area contributed by atoms with E-state index in [0.717, 1.165) is 50.0 Å². The van der Waals surface area contributed by atoms with Gasteiger partial charge in [0.15, 0.2) is 5.78 Å². The summed E-state index contributed by atoms with van der Waals surface area (Å²) in [6.07, 6.45) is 4.86. The maximum atomic E-state index is 12.6. The second kappa shape index (κ2) is 8.78. The minimum Gasteiger partial charge on any atom is -0.491 e. The van der Waals surface area contributed by atoms with Crippen LogP contribution in [0, 0.1) is 0 Å². The van der Waals surface area contributed by atoms with Crippen LogP contribution in [-0.4, -0.2) is 37.0 Å². The van der Waals surface area contributed by atoms with Gasteiger partial charge in [-0.3, -0.25) is 9.59 Å². The molecule has 0 radical (unpaired) electrons. The molecule has 1 aliphatic heterocycles. The normalized spacial score (nSPS) is 20.7. The predicted molar refractivity (Wildman–Crippen MR) is 111 cm³/mol. The first kappa shape index (κ1) is 19.6. The van der Waals surface area contributed by atoms with Crippen molar-refractivity contribution in [3.63, 3.8) is 0 Å². The molecule has 2 atom stereocenters. The zero-order valence-electron chi connectivity index (χ0n) is 16.8. The van der Waals surface area contributed by atoms with Crippen LogP contribution in [0.3, 0.4) is 0 Å². The van der Waals surface area contributed by atoms with Crippen LogP contribution in [-0.2, 0) is 17.6 Å². The second-order valence-electron chi connectivity index (χ2n) is 7.92. The number of nitrogens with one attached hydrogen (secondary N) is 1. The van der Waals surface area contributed by atoms with Gasteiger partial charge in [0, 0.05) is 23.8 Å². The number of hydrogen-bond donors (Lipinski definition) is 1. The minimum atomic E-state index is -0.0653. The van der Waals surface area contributed by atoms with Crippen LogP contribution in [0.25, 0.3) is 0 Å². The fourth-order valence-corrected chi connectivity index (χ4v) is 4.03. The van der Waals surface area contributed by atoms with Crippen molar-refractivity contribution in [2.75, 3.05) is 13.2 Å². The van der Waals surface area contributed by atoms with Crippen LogP contribution in [0.1, 0.15) is 58.0 Å². The van der Waals surface area contributed by atoms with Crippen molar-refractivity contribution in [1.29, 1.82) is 0 Å². The van der Waals surface area contributed by atoms with Gasteiger partial charge in [0.25, 0.3) is 5.91 Å².